The molecule has 0 saturated heterocycles. The molecule has 18 heavy (non-hydrogen) atoms. The molecule has 2 aromatic rings. The van der Waals surface area contributed by atoms with Crippen LogP contribution in [0.1, 0.15) is 42.1 Å². The van der Waals surface area contributed by atoms with E-state index in [2.05, 4.69) is 52.0 Å². The SMILES string of the molecule is Cc1cc2nc(C(C)C)cc(CC#N)c2cc1C. The zero-order chi connectivity index (χ0) is 13.3. The number of aromatic nitrogens is 1. The average molecular weight is 238 g/mol. The lowest BCUT2D eigenvalue weighted by Crippen LogP contribution is -1.98. The first-order chi connectivity index (χ1) is 8.52. The predicted octanol–water partition coefficient (Wildman–Crippen LogP) is 4.04. The van der Waals surface area contributed by atoms with Crippen LogP contribution in [-0.2, 0) is 6.42 Å². The summed E-state index contributed by atoms with van der Waals surface area (Å²) >= 11 is 0. The number of pyridine rings is 1. The molecule has 0 amide bonds. The number of hydrogen-bond donors (Lipinski definition) is 0. The first-order valence-corrected chi connectivity index (χ1v) is 6.30. The van der Waals surface area contributed by atoms with Crippen molar-refractivity contribution in [3.8, 4) is 6.07 Å². The summed E-state index contributed by atoms with van der Waals surface area (Å²) in [6.07, 6.45) is 0.446. The minimum absolute atomic E-state index is 0.383. The molecular weight excluding hydrogens is 220 g/mol. The quantitative estimate of drug-likeness (QED) is 0.791. The molecule has 0 bridgehead atoms. The van der Waals surface area contributed by atoms with Gasteiger partial charge in [0.15, 0.2) is 0 Å². The summed E-state index contributed by atoms with van der Waals surface area (Å²) in [6, 6.07) is 8.59. The Hall–Kier alpha value is -1.88. The van der Waals surface area contributed by atoms with Crippen molar-refractivity contribution in [1.82, 2.24) is 4.98 Å². The summed E-state index contributed by atoms with van der Waals surface area (Å²) in [5.74, 6) is 0.383. The Morgan fingerprint density at radius 3 is 2.44 bits per heavy atom. The van der Waals surface area contributed by atoms with E-state index in [0.717, 1.165) is 22.2 Å². The Balaban J connectivity index is 2.77. The van der Waals surface area contributed by atoms with E-state index in [1.807, 2.05) is 0 Å². The molecule has 0 atom stereocenters. The fraction of sp³-hybridized carbons (Fsp3) is 0.375. The van der Waals surface area contributed by atoms with Gasteiger partial charge in [0.05, 0.1) is 18.0 Å². The molecular formula is C16H18N2. The van der Waals surface area contributed by atoms with E-state index >= 15 is 0 Å². The van der Waals surface area contributed by atoms with E-state index in [4.69, 9.17) is 10.2 Å². The highest BCUT2D eigenvalue weighted by atomic mass is 14.7. The Labute approximate surface area is 108 Å². The number of benzene rings is 1. The molecule has 1 heterocycles. The molecule has 0 saturated carbocycles. The van der Waals surface area contributed by atoms with Gasteiger partial charge in [-0.3, -0.25) is 4.98 Å². The van der Waals surface area contributed by atoms with Crippen LogP contribution in [0.15, 0.2) is 18.2 Å². The van der Waals surface area contributed by atoms with Crippen LogP contribution in [0.5, 0.6) is 0 Å². The van der Waals surface area contributed by atoms with Crippen LogP contribution in [0, 0.1) is 25.2 Å². The number of fused-ring (bicyclic) bond motifs is 1. The van der Waals surface area contributed by atoms with Gasteiger partial charge in [-0.05, 0) is 54.7 Å². The third-order valence-corrected chi connectivity index (χ3v) is 3.39. The molecule has 0 radical (unpaired) electrons. The van der Waals surface area contributed by atoms with Gasteiger partial charge in [-0.25, -0.2) is 0 Å². The van der Waals surface area contributed by atoms with Gasteiger partial charge in [-0.2, -0.15) is 5.26 Å². The van der Waals surface area contributed by atoms with Gasteiger partial charge in [0.2, 0.25) is 0 Å². The summed E-state index contributed by atoms with van der Waals surface area (Å²) in [7, 11) is 0. The van der Waals surface area contributed by atoms with Crippen LogP contribution in [0.2, 0.25) is 0 Å². The Morgan fingerprint density at radius 2 is 1.83 bits per heavy atom. The van der Waals surface area contributed by atoms with Crippen molar-refractivity contribution < 1.29 is 0 Å². The van der Waals surface area contributed by atoms with Gasteiger partial charge >= 0.3 is 0 Å². The number of nitriles is 1. The summed E-state index contributed by atoms with van der Waals surface area (Å²) in [5.41, 5.74) is 5.67. The highest BCUT2D eigenvalue weighted by Gasteiger charge is 2.09. The third-order valence-electron chi connectivity index (χ3n) is 3.39. The van der Waals surface area contributed by atoms with Crippen LogP contribution >= 0.6 is 0 Å². The second-order valence-electron chi connectivity index (χ2n) is 5.15. The standard InChI is InChI=1S/C16H18N2/c1-10(2)15-9-13(5-6-17)14-7-11(3)12(4)8-16(14)18-15/h7-10H,5H2,1-4H3. The van der Waals surface area contributed by atoms with Gasteiger partial charge in [0.1, 0.15) is 0 Å². The molecule has 2 heteroatoms. The van der Waals surface area contributed by atoms with E-state index in [9.17, 15) is 0 Å². The summed E-state index contributed by atoms with van der Waals surface area (Å²) in [6.45, 7) is 8.46. The lowest BCUT2D eigenvalue weighted by molar-refractivity contribution is 0.827. The zero-order valence-electron chi connectivity index (χ0n) is 11.4. The van der Waals surface area contributed by atoms with Crippen LogP contribution in [-0.4, -0.2) is 4.98 Å². The molecule has 92 valence electrons. The molecule has 0 aliphatic carbocycles. The molecule has 0 unspecified atom stereocenters. The minimum atomic E-state index is 0.383. The molecule has 1 aromatic carbocycles. The first kappa shape index (κ1) is 12.6. The topological polar surface area (TPSA) is 36.7 Å². The average Bonchev–Trinajstić information content (AvgIpc) is 2.31. The predicted molar refractivity (Wildman–Crippen MR) is 74.6 cm³/mol. The molecule has 0 spiro atoms. The monoisotopic (exact) mass is 238 g/mol. The number of aryl methyl sites for hydroxylation is 2. The fourth-order valence-electron chi connectivity index (χ4n) is 2.11. The fourth-order valence-corrected chi connectivity index (χ4v) is 2.11. The molecule has 2 rings (SSSR count). The van der Waals surface area contributed by atoms with E-state index in [0.29, 0.717) is 12.3 Å². The number of nitrogens with zero attached hydrogens (tertiary/aromatic N) is 2. The molecule has 0 N–H and O–H groups in total. The van der Waals surface area contributed by atoms with Gasteiger partial charge < -0.3 is 0 Å². The van der Waals surface area contributed by atoms with Gasteiger partial charge in [-0.15, -0.1) is 0 Å². The van der Waals surface area contributed by atoms with Crippen LogP contribution < -0.4 is 0 Å². The van der Waals surface area contributed by atoms with Crippen LogP contribution in [0.25, 0.3) is 10.9 Å². The number of hydrogen-bond acceptors (Lipinski definition) is 2. The zero-order valence-corrected chi connectivity index (χ0v) is 11.4. The molecule has 0 fully saturated rings. The third kappa shape index (κ3) is 2.22. The van der Waals surface area contributed by atoms with E-state index < -0.39 is 0 Å². The molecule has 1 aromatic heterocycles. The maximum absolute atomic E-state index is 8.96. The minimum Gasteiger partial charge on any atom is -0.253 e. The van der Waals surface area contributed by atoms with Crippen molar-refractivity contribution in [2.24, 2.45) is 0 Å². The number of rotatable bonds is 2. The van der Waals surface area contributed by atoms with Gasteiger partial charge in [-0.1, -0.05) is 13.8 Å². The Bertz CT molecular complexity index is 634. The van der Waals surface area contributed by atoms with Gasteiger partial charge in [0.25, 0.3) is 0 Å². The summed E-state index contributed by atoms with van der Waals surface area (Å²) < 4.78 is 0. The normalized spacial score (nSPS) is 10.9. The van der Waals surface area contributed by atoms with Gasteiger partial charge in [0, 0.05) is 11.1 Å². The van der Waals surface area contributed by atoms with Crippen molar-refractivity contribution in [2.75, 3.05) is 0 Å². The van der Waals surface area contributed by atoms with E-state index in [-0.39, 0.29) is 0 Å². The van der Waals surface area contributed by atoms with Crippen LogP contribution in [0.4, 0.5) is 0 Å². The molecule has 2 nitrogen and oxygen atoms in total. The molecule has 0 aliphatic heterocycles. The lowest BCUT2D eigenvalue weighted by Gasteiger charge is -2.12. The largest absolute Gasteiger partial charge is 0.253 e. The highest BCUT2D eigenvalue weighted by Crippen LogP contribution is 2.25. The Kier molecular flexibility index (Phi) is 3.34. The lowest BCUT2D eigenvalue weighted by atomic mass is 9.98. The second-order valence-corrected chi connectivity index (χ2v) is 5.15. The molecule has 0 aliphatic rings. The first-order valence-electron chi connectivity index (χ1n) is 6.30. The van der Waals surface area contributed by atoms with E-state index in [1.54, 1.807) is 0 Å². The smallest absolute Gasteiger partial charge is 0.0711 e. The summed E-state index contributed by atoms with van der Waals surface area (Å²) in [4.78, 5) is 4.71. The summed E-state index contributed by atoms with van der Waals surface area (Å²) in [5, 5.41) is 10.1. The maximum atomic E-state index is 8.96. The van der Waals surface area contributed by atoms with Crippen molar-refractivity contribution in [1.29, 1.82) is 5.26 Å². The van der Waals surface area contributed by atoms with Crippen molar-refractivity contribution in [3.63, 3.8) is 0 Å². The van der Waals surface area contributed by atoms with Crippen LogP contribution in [0.3, 0.4) is 0 Å². The maximum Gasteiger partial charge on any atom is 0.0711 e. The highest BCUT2D eigenvalue weighted by molar-refractivity contribution is 5.84. The van der Waals surface area contributed by atoms with Crippen molar-refractivity contribution in [3.05, 3.63) is 40.6 Å². The second kappa shape index (κ2) is 4.78. The van der Waals surface area contributed by atoms with Crippen molar-refractivity contribution in [2.45, 2.75) is 40.0 Å². The Morgan fingerprint density at radius 1 is 1.17 bits per heavy atom. The van der Waals surface area contributed by atoms with Crippen molar-refractivity contribution >= 4 is 10.9 Å². The van der Waals surface area contributed by atoms with E-state index in [1.165, 1.54) is 11.1 Å².